The highest BCUT2D eigenvalue weighted by atomic mass is 16.3. The molecule has 2 aromatic rings. The third kappa shape index (κ3) is 2.54. The maximum Gasteiger partial charge on any atom is 0.270 e. The Bertz CT molecular complexity index is 629. The van der Waals surface area contributed by atoms with Gasteiger partial charge in [0, 0.05) is 25.8 Å². The normalized spacial score (nSPS) is 14.2. The molecule has 104 valence electrons. The molecule has 1 N–H and O–H groups in total. The molecule has 1 saturated carbocycles. The van der Waals surface area contributed by atoms with Crippen LogP contribution in [0.1, 0.15) is 34.9 Å². The molecule has 1 aliphatic rings. The summed E-state index contributed by atoms with van der Waals surface area (Å²) < 4.78 is 2.07. The lowest BCUT2D eigenvalue weighted by molar-refractivity contribution is 0.0774. The first kappa shape index (κ1) is 12.8. The van der Waals surface area contributed by atoms with Crippen LogP contribution in [0.25, 0.3) is 0 Å². The molecule has 1 aliphatic carbocycles. The molecule has 0 saturated heterocycles. The summed E-state index contributed by atoms with van der Waals surface area (Å²) in [6, 6.07) is 11.3. The highest BCUT2D eigenvalue weighted by molar-refractivity contribution is 5.92. The standard InChI is InChI=1S/C16H18N2O2/c1-17(11-12-4-2-5-14(19)10-12)16(20)15-6-3-9-18(15)13-7-8-13/h2-6,9-10,13,19H,7-8,11H2,1H3. The number of amides is 1. The predicted octanol–water partition coefficient (Wildman–Crippen LogP) is 2.80. The van der Waals surface area contributed by atoms with E-state index in [0.29, 0.717) is 12.6 Å². The molecule has 0 atom stereocenters. The van der Waals surface area contributed by atoms with Gasteiger partial charge in [0.25, 0.3) is 5.91 Å². The maximum absolute atomic E-state index is 12.5. The Labute approximate surface area is 118 Å². The Balaban J connectivity index is 1.74. The molecule has 3 rings (SSSR count). The summed E-state index contributed by atoms with van der Waals surface area (Å²) in [5.41, 5.74) is 1.67. The highest BCUT2D eigenvalue weighted by Crippen LogP contribution is 2.36. The Hall–Kier alpha value is -2.23. The largest absolute Gasteiger partial charge is 0.508 e. The number of nitrogens with zero attached hydrogens (tertiary/aromatic N) is 2. The van der Waals surface area contributed by atoms with Crippen LogP contribution in [-0.4, -0.2) is 27.5 Å². The fraction of sp³-hybridized carbons (Fsp3) is 0.312. The zero-order valence-corrected chi connectivity index (χ0v) is 11.5. The van der Waals surface area contributed by atoms with Gasteiger partial charge in [0.15, 0.2) is 0 Å². The number of aromatic hydroxyl groups is 1. The van der Waals surface area contributed by atoms with Gasteiger partial charge in [-0.15, -0.1) is 0 Å². The van der Waals surface area contributed by atoms with E-state index in [4.69, 9.17) is 0 Å². The van der Waals surface area contributed by atoms with Gasteiger partial charge in [0.2, 0.25) is 0 Å². The second-order valence-corrected chi connectivity index (χ2v) is 5.36. The molecule has 1 aromatic carbocycles. The van der Waals surface area contributed by atoms with E-state index in [-0.39, 0.29) is 11.7 Å². The average Bonchev–Trinajstić information content (AvgIpc) is 3.15. The number of hydrogen-bond acceptors (Lipinski definition) is 2. The van der Waals surface area contributed by atoms with Gasteiger partial charge >= 0.3 is 0 Å². The number of benzene rings is 1. The lowest BCUT2D eigenvalue weighted by atomic mass is 10.2. The van der Waals surface area contributed by atoms with Crippen molar-refractivity contribution in [1.29, 1.82) is 0 Å². The number of phenolic OH excluding ortho intramolecular Hbond substituents is 1. The van der Waals surface area contributed by atoms with Gasteiger partial charge < -0.3 is 14.6 Å². The van der Waals surface area contributed by atoms with Crippen LogP contribution in [0.15, 0.2) is 42.6 Å². The molecule has 1 heterocycles. The van der Waals surface area contributed by atoms with Gasteiger partial charge in [-0.3, -0.25) is 4.79 Å². The molecule has 1 amide bonds. The molecule has 4 nitrogen and oxygen atoms in total. The Morgan fingerprint density at radius 3 is 2.85 bits per heavy atom. The summed E-state index contributed by atoms with van der Waals surface area (Å²) in [6.07, 6.45) is 4.30. The Morgan fingerprint density at radius 1 is 1.35 bits per heavy atom. The van der Waals surface area contributed by atoms with Gasteiger partial charge in [-0.1, -0.05) is 12.1 Å². The molecular weight excluding hydrogens is 252 g/mol. The number of rotatable bonds is 4. The number of carbonyl (C=O) groups is 1. The highest BCUT2D eigenvalue weighted by Gasteiger charge is 2.27. The minimum Gasteiger partial charge on any atom is -0.508 e. The van der Waals surface area contributed by atoms with Crippen molar-refractivity contribution in [2.75, 3.05) is 7.05 Å². The molecule has 0 aliphatic heterocycles. The van der Waals surface area contributed by atoms with Gasteiger partial charge in [-0.2, -0.15) is 0 Å². The summed E-state index contributed by atoms with van der Waals surface area (Å²) in [5.74, 6) is 0.245. The van der Waals surface area contributed by atoms with Crippen LogP contribution in [0.4, 0.5) is 0 Å². The monoisotopic (exact) mass is 270 g/mol. The van der Waals surface area contributed by atoms with Crippen molar-refractivity contribution >= 4 is 5.91 Å². The van der Waals surface area contributed by atoms with Crippen LogP contribution < -0.4 is 0 Å². The topological polar surface area (TPSA) is 45.5 Å². The van der Waals surface area contributed by atoms with Crippen LogP contribution in [0.2, 0.25) is 0 Å². The summed E-state index contributed by atoms with van der Waals surface area (Å²) in [7, 11) is 1.79. The SMILES string of the molecule is CN(Cc1cccc(O)c1)C(=O)c1cccn1C1CC1. The first-order chi connectivity index (χ1) is 9.65. The molecule has 0 unspecified atom stereocenters. The van der Waals surface area contributed by atoms with E-state index >= 15 is 0 Å². The summed E-state index contributed by atoms with van der Waals surface area (Å²) in [6.45, 7) is 0.489. The third-order valence-electron chi connectivity index (χ3n) is 3.62. The lowest BCUT2D eigenvalue weighted by Gasteiger charge is -2.18. The molecule has 0 spiro atoms. The number of aromatic nitrogens is 1. The second-order valence-electron chi connectivity index (χ2n) is 5.36. The third-order valence-corrected chi connectivity index (χ3v) is 3.62. The summed E-state index contributed by atoms with van der Waals surface area (Å²) >= 11 is 0. The Morgan fingerprint density at radius 2 is 2.15 bits per heavy atom. The molecular formula is C16H18N2O2. The van der Waals surface area contributed by atoms with E-state index in [9.17, 15) is 9.90 Å². The van der Waals surface area contributed by atoms with Crippen molar-refractivity contribution in [3.05, 3.63) is 53.9 Å². The van der Waals surface area contributed by atoms with Crippen LogP contribution in [0, 0.1) is 0 Å². The minimum atomic E-state index is 0.0187. The van der Waals surface area contributed by atoms with Crippen LogP contribution in [0.5, 0.6) is 5.75 Å². The van der Waals surface area contributed by atoms with E-state index in [1.807, 2.05) is 24.4 Å². The van der Waals surface area contributed by atoms with Gasteiger partial charge in [-0.05, 0) is 42.7 Å². The van der Waals surface area contributed by atoms with Gasteiger partial charge in [0.1, 0.15) is 11.4 Å². The van der Waals surface area contributed by atoms with Gasteiger partial charge in [-0.25, -0.2) is 0 Å². The van der Waals surface area contributed by atoms with E-state index in [0.717, 1.165) is 24.1 Å². The fourth-order valence-electron chi connectivity index (χ4n) is 2.44. The van der Waals surface area contributed by atoms with Crippen molar-refractivity contribution in [3.8, 4) is 5.75 Å². The number of hydrogen-bond donors (Lipinski definition) is 1. The summed E-state index contributed by atoms with van der Waals surface area (Å²) in [4.78, 5) is 14.2. The van der Waals surface area contributed by atoms with Crippen LogP contribution >= 0.6 is 0 Å². The zero-order valence-electron chi connectivity index (χ0n) is 11.5. The quantitative estimate of drug-likeness (QED) is 0.928. The first-order valence-electron chi connectivity index (χ1n) is 6.85. The number of phenols is 1. The lowest BCUT2D eigenvalue weighted by Crippen LogP contribution is -2.28. The average molecular weight is 270 g/mol. The summed E-state index contributed by atoms with van der Waals surface area (Å²) in [5, 5.41) is 9.47. The van der Waals surface area contributed by atoms with Crippen molar-refractivity contribution in [2.24, 2.45) is 0 Å². The van der Waals surface area contributed by atoms with E-state index in [1.54, 1.807) is 30.1 Å². The molecule has 1 aromatic heterocycles. The van der Waals surface area contributed by atoms with Crippen molar-refractivity contribution in [3.63, 3.8) is 0 Å². The Kier molecular flexibility index (Phi) is 3.22. The van der Waals surface area contributed by atoms with Crippen molar-refractivity contribution in [1.82, 2.24) is 9.47 Å². The van der Waals surface area contributed by atoms with Crippen LogP contribution in [-0.2, 0) is 6.54 Å². The van der Waals surface area contributed by atoms with Crippen LogP contribution in [0.3, 0.4) is 0 Å². The van der Waals surface area contributed by atoms with E-state index < -0.39 is 0 Å². The molecule has 4 heteroatoms. The van der Waals surface area contributed by atoms with Crippen molar-refractivity contribution < 1.29 is 9.90 Å². The molecule has 0 radical (unpaired) electrons. The number of carbonyl (C=O) groups excluding carboxylic acids is 1. The zero-order chi connectivity index (χ0) is 14.1. The molecule has 20 heavy (non-hydrogen) atoms. The van der Waals surface area contributed by atoms with E-state index in [2.05, 4.69) is 4.57 Å². The second kappa shape index (κ2) is 5.04. The first-order valence-corrected chi connectivity index (χ1v) is 6.85. The fourth-order valence-corrected chi connectivity index (χ4v) is 2.44. The van der Waals surface area contributed by atoms with Crippen molar-refractivity contribution in [2.45, 2.75) is 25.4 Å². The van der Waals surface area contributed by atoms with Gasteiger partial charge in [0.05, 0.1) is 0 Å². The smallest absolute Gasteiger partial charge is 0.270 e. The minimum absolute atomic E-state index is 0.0187. The molecule has 0 bridgehead atoms. The maximum atomic E-state index is 12.5. The van der Waals surface area contributed by atoms with E-state index in [1.165, 1.54) is 0 Å². The predicted molar refractivity (Wildman–Crippen MR) is 76.6 cm³/mol. The molecule has 1 fully saturated rings.